The second-order valence-electron chi connectivity index (χ2n) is 16.7. The number of rotatable bonds is 13. The molecular formula is C41H35ClF9N7O5S2. The summed E-state index contributed by atoms with van der Waals surface area (Å²) in [5.74, 6) is -4.40. The molecule has 3 atom stereocenters. The van der Waals surface area contributed by atoms with Gasteiger partial charge in [-0.15, -0.1) is 0 Å². The van der Waals surface area contributed by atoms with Crippen molar-refractivity contribution in [2.45, 2.75) is 93.1 Å². The topological polar surface area (TPSA) is 158 Å². The minimum Gasteiger partial charge on any atom is -0.346 e. The first kappa shape index (κ1) is 46.2. The van der Waals surface area contributed by atoms with Crippen LogP contribution in [0.25, 0.3) is 22.0 Å². The first-order valence-electron chi connectivity index (χ1n) is 19.7. The van der Waals surface area contributed by atoms with Gasteiger partial charge >= 0.3 is 6.18 Å². The van der Waals surface area contributed by atoms with Crippen molar-refractivity contribution in [3.8, 4) is 23.0 Å². The van der Waals surface area contributed by atoms with Crippen LogP contribution in [0.5, 0.6) is 0 Å². The third-order valence-corrected chi connectivity index (χ3v) is 15.6. The summed E-state index contributed by atoms with van der Waals surface area (Å²) in [5, 5.41) is 8.84. The molecule has 8 rings (SSSR count). The summed E-state index contributed by atoms with van der Waals surface area (Å²) in [6, 6.07) is 5.69. The monoisotopic (exact) mass is 975 g/mol. The quantitative estimate of drug-likeness (QED) is 0.0885. The van der Waals surface area contributed by atoms with Crippen LogP contribution >= 0.6 is 11.6 Å². The summed E-state index contributed by atoms with van der Waals surface area (Å²) >= 11 is 6.57. The molecule has 3 aliphatic rings. The Bertz CT molecular complexity index is 3070. The SMILES string of the molecule is CC(C)(C#Cc1ccc(-c2ccc(Cl)c3c(NS(=O)(=O)C4CC4)nn(CC(F)(F)F)c23)c([C@H](Cc2cc(F)cc(F)c2)NC(=O)Cn2nc(C(F)F)c3c2C(F)(F)[C@@H]2C[C@H]32)n1)S(C)(=O)=O. The lowest BCUT2D eigenvalue weighted by molar-refractivity contribution is -0.141. The third kappa shape index (κ3) is 9.00. The van der Waals surface area contributed by atoms with Crippen molar-refractivity contribution < 1.29 is 61.1 Å². The van der Waals surface area contributed by atoms with E-state index in [9.17, 15) is 52.4 Å². The van der Waals surface area contributed by atoms with E-state index < -0.39 is 126 Å². The molecule has 2 N–H and O–H groups in total. The number of carbonyl (C=O) groups excluding carboxylic acids is 1. The van der Waals surface area contributed by atoms with Crippen molar-refractivity contribution in [1.82, 2.24) is 29.9 Å². The highest BCUT2D eigenvalue weighted by molar-refractivity contribution is 7.93. The first-order chi connectivity index (χ1) is 30.1. The molecule has 5 aromatic rings. The summed E-state index contributed by atoms with van der Waals surface area (Å²) in [5.41, 5.74) is -3.46. The van der Waals surface area contributed by atoms with Crippen LogP contribution < -0.4 is 10.0 Å². The Kier molecular flexibility index (Phi) is 11.3. The molecule has 0 aliphatic heterocycles. The highest BCUT2D eigenvalue weighted by Gasteiger charge is 2.67. The van der Waals surface area contributed by atoms with Crippen LogP contribution in [0.4, 0.5) is 45.3 Å². The van der Waals surface area contributed by atoms with Gasteiger partial charge in [0.05, 0.1) is 32.9 Å². The van der Waals surface area contributed by atoms with Gasteiger partial charge in [0.15, 0.2) is 15.7 Å². The van der Waals surface area contributed by atoms with E-state index in [1.165, 1.54) is 38.1 Å². The maximum Gasteiger partial charge on any atom is 0.408 e. The molecule has 3 heterocycles. The number of anilines is 1. The molecule has 65 heavy (non-hydrogen) atoms. The average molecular weight is 976 g/mol. The highest BCUT2D eigenvalue weighted by Crippen LogP contribution is 2.68. The van der Waals surface area contributed by atoms with Crippen molar-refractivity contribution in [1.29, 1.82) is 0 Å². The highest BCUT2D eigenvalue weighted by atomic mass is 35.5. The molecule has 2 saturated carbocycles. The van der Waals surface area contributed by atoms with Gasteiger partial charge in [-0.2, -0.15) is 32.1 Å². The van der Waals surface area contributed by atoms with Gasteiger partial charge in [0.25, 0.3) is 12.3 Å². The minimum atomic E-state index is -4.95. The lowest BCUT2D eigenvalue weighted by atomic mass is 9.93. The molecule has 12 nitrogen and oxygen atoms in total. The number of hydrogen-bond acceptors (Lipinski definition) is 8. The summed E-state index contributed by atoms with van der Waals surface area (Å²) < 4.78 is 184. The number of nitrogens with one attached hydrogen (secondary N) is 2. The van der Waals surface area contributed by atoms with Gasteiger partial charge in [-0.05, 0) is 87.3 Å². The molecule has 1 amide bonds. The number of sulfone groups is 1. The van der Waals surface area contributed by atoms with Gasteiger partial charge in [0, 0.05) is 34.9 Å². The summed E-state index contributed by atoms with van der Waals surface area (Å²) in [6.07, 6.45) is -7.37. The number of amides is 1. The molecule has 3 aromatic heterocycles. The van der Waals surface area contributed by atoms with E-state index >= 15 is 8.78 Å². The standard InChI is InChI=1S/C41H35ClF9N7O5S2/c1-39(2,64(3,60)61)11-10-22-4-7-24(25-8-9-28(42)32-35(25)58(18-40(47,48)49)55-38(32)56-65(62,63)23-5-6-23)33(52-22)29(14-19-12-20(43)15-21(44)13-19)53-30(59)17-57-36-31(34(54-57)37(45)46)26-16-27(26)41(36,50)51/h4,7-9,12-13,15,23,26-27,29,37H,5-6,14,16-18H2,1-3H3,(H,53,59)(H,55,56)/t26-,27+,29-/m0/s1. The molecule has 2 fully saturated rings. The zero-order valence-electron chi connectivity index (χ0n) is 34.0. The number of benzene rings is 2. The maximum absolute atomic E-state index is 15.5. The number of pyridine rings is 1. The fourth-order valence-electron chi connectivity index (χ4n) is 7.93. The van der Waals surface area contributed by atoms with E-state index in [2.05, 4.69) is 37.1 Å². The maximum atomic E-state index is 15.5. The number of halogens is 10. The fraction of sp³-hybridized carbons (Fsp3) is 0.415. The second-order valence-corrected chi connectivity index (χ2v) is 21.7. The van der Waals surface area contributed by atoms with Gasteiger partial charge in [-0.1, -0.05) is 23.6 Å². The van der Waals surface area contributed by atoms with E-state index in [1.54, 1.807) is 0 Å². The van der Waals surface area contributed by atoms with Crippen LogP contribution in [-0.4, -0.2) is 69.7 Å². The smallest absolute Gasteiger partial charge is 0.346 e. The zero-order chi connectivity index (χ0) is 47.3. The molecule has 3 aliphatic carbocycles. The van der Waals surface area contributed by atoms with E-state index in [0.717, 1.165) is 18.4 Å². The number of carbonyl (C=O) groups is 1. The van der Waals surface area contributed by atoms with Gasteiger partial charge in [0.1, 0.15) is 46.6 Å². The molecule has 0 unspecified atom stereocenters. The van der Waals surface area contributed by atoms with Crippen molar-refractivity contribution in [3.05, 3.63) is 93.0 Å². The van der Waals surface area contributed by atoms with E-state index in [4.69, 9.17) is 11.6 Å². The fourth-order valence-corrected chi connectivity index (χ4v) is 9.74. The lowest BCUT2D eigenvalue weighted by Crippen LogP contribution is -2.35. The molecule has 0 radical (unpaired) electrons. The molecule has 0 saturated heterocycles. The van der Waals surface area contributed by atoms with Crippen LogP contribution in [-0.2, 0) is 50.1 Å². The van der Waals surface area contributed by atoms with Crippen LogP contribution in [0.15, 0.2) is 42.5 Å². The number of fused-ring (bicyclic) bond motifs is 4. The normalized spacial score (nSPS) is 18.6. The Morgan fingerprint density at radius 3 is 2.25 bits per heavy atom. The van der Waals surface area contributed by atoms with Gasteiger partial charge in [0.2, 0.25) is 15.9 Å². The number of aromatic nitrogens is 5. The molecule has 24 heteroatoms. The molecule has 0 bridgehead atoms. The Labute approximate surface area is 369 Å². The van der Waals surface area contributed by atoms with Gasteiger partial charge in [-0.3, -0.25) is 18.9 Å². The van der Waals surface area contributed by atoms with Crippen LogP contribution in [0, 0.1) is 29.4 Å². The van der Waals surface area contributed by atoms with E-state index in [-0.39, 0.29) is 63.3 Å². The Morgan fingerprint density at radius 2 is 1.63 bits per heavy atom. The molecular weight excluding hydrogens is 941 g/mol. The minimum absolute atomic E-state index is 0.0628. The summed E-state index contributed by atoms with van der Waals surface area (Å²) in [4.78, 5) is 18.7. The lowest BCUT2D eigenvalue weighted by Gasteiger charge is -2.23. The average Bonchev–Trinajstić information content (AvgIpc) is 4.10. The van der Waals surface area contributed by atoms with Crippen molar-refractivity contribution in [2.75, 3.05) is 11.0 Å². The van der Waals surface area contributed by atoms with E-state index in [1.807, 2.05) is 0 Å². The predicted molar refractivity (Wildman–Crippen MR) is 218 cm³/mol. The Morgan fingerprint density at radius 1 is 0.969 bits per heavy atom. The number of sulfonamides is 1. The molecule has 346 valence electrons. The Hall–Kier alpha value is -5.34. The summed E-state index contributed by atoms with van der Waals surface area (Å²) in [7, 11) is -7.97. The summed E-state index contributed by atoms with van der Waals surface area (Å²) in [6.45, 7) is -0.264. The first-order valence-corrected chi connectivity index (χ1v) is 23.5. The largest absolute Gasteiger partial charge is 0.408 e. The zero-order valence-corrected chi connectivity index (χ0v) is 36.4. The van der Waals surface area contributed by atoms with Crippen LogP contribution in [0.3, 0.4) is 0 Å². The number of nitrogens with zero attached hydrogens (tertiary/aromatic N) is 5. The predicted octanol–water partition coefficient (Wildman–Crippen LogP) is 8.11. The number of hydrogen-bond donors (Lipinski definition) is 2. The van der Waals surface area contributed by atoms with Crippen molar-refractivity contribution in [3.63, 3.8) is 0 Å². The third-order valence-electron chi connectivity index (χ3n) is 11.5. The van der Waals surface area contributed by atoms with Crippen molar-refractivity contribution >= 4 is 54.1 Å². The second kappa shape index (κ2) is 15.9. The molecule has 0 spiro atoms. The van der Waals surface area contributed by atoms with Gasteiger partial charge < -0.3 is 5.32 Å². The van der Waals surface area contributed by atoms with E-state index in [0.29, 0.717) is 15.4 Å². The van der Waals surface area contributed by atoms with Crippen LogP contribution in [0.1, 0.15) is 85.4 Å². The van der Waals surface area contributed by atoms with Crippen molar-refractivity contribution in [2.24, 2.45) is 5.92 Å². The van der Waals surface area contributed by atoms with Gasteiger partial charge in [-0.25, -0.2) is 39.4 Å². The number of alkyl halides is 7. The van der Waals surface area contributed by atoms with Crippen LogP contribution in [0.2, 0.25) is 5.02 Å². The Balaban J connectivity index is 1.32. The molecule has 2 aromatic carbocycles.